The summed E-state index contributed by atoms with van der Waals surface area (Å²) in [5.74, 6) is 1.26. The second-order valence-corrected chi connectivity index (χ2v) is 8.72. The van der Waals surface area contributed by atoms with E-state index in [1.165, 1.54) is 0 Å². The van der Waals surface area contributed by atoms with Crippen LogP contribution >= 0.6 is 11.6 Å². The number of amides is 1. The molecule has 0 atom stereocenters. The number of carbonyl (C=O) groups excluding carboxylic acids is 1. The molecule has 10 heteroatoms. The first kappa shape index (κ1) is 22.9. The number of nitrogens with zero attached hydrogens (tertiary/aromatic N) is 3. The molecule has 3 aromatic heterocycles. The van der Waals surface area contributed by atoms with Crippen LogP contribution in [0.3, 0.4) is 0 Å². The van der Waals surface area contributed by atoms with Crippen molar-refractivity contribution >= 4 is 40.2 Å². The molecule has 0 unspecified atom stereocenters. The van der Waals surface area contributed by atoms with Gasteiger partial charge in [0.15, 0.2) is 0 Å². The molecule has 1 saturated carbocycles. The Balaban J connectivity index is 1.55. The van der Waals surface area contributed by atoms with Crippen molar-refractivity contribution in [2.75, 3.05) is 19.5 Å². The molecular formula is C25H25ClN6O3. The highest BCUT2D eigenvalue weighted by atomic mass is 35.5. The highest BCUT2D eigenvalue weighted by molar-refractivity contribution is 6.33. The summed E-state index contributed by atoms with van der Waals surface area (Å²) in [7, 11) is 3.18. The number of halogens is 1. The van der Waals surface area contributed by atoms with Crippen molar-refractivity contribution in [3.63, 3.8) is 0 Å². The third-order valence-electron chi connectivity index (χ3n) is 6.04. The summed E-state index contributed by atoms with van der Waals surface area (Å²) in [6, 6.07) is 6.92. The molecule has 0 spiro atoms. The predicted octanol–water partition coefficient (Wildman–Crippen LogP) is 5.11. The van der Waals surface area contributed by atoms with Crippen LogP contribution in [0.2, 0.25) is 5.02 Å². The second kappa shape index (κ2) is 9.79. The van der Waals surface area contributed by atoms with E-state index in [2.05, 4.69) is 25.6 Å². The van der Waals surface area contributed by atoms with Crippen molar-refractivity contribution in [1.29, 1.82) is 0 Å². The summed E-state index contributed by atoms with van der Waals surface area (Å²) in [5, 5.41) is 6.90. The highest BCUT2D eigenvalue weighted by Gasteiger charge is 2.23. The fraction of sp³-hybridized carbons (Fsp3) is 0.280. The lowest BCUT2D eigenvalue weighted by atomic mass is 10.1. The number of methoxy groups -OCH3 is 1. The first-order valence-electron chi connectivity index (χ1n) is 11.4. The molecular weight excluding hydrogens is 468 g/mol. The molecule has 1 aliphatic rings. The van der Waals surface area contributed by atoms with Gasteiger partial charge in [-0.1, -0.05) is 11.6 Å². The van der Waals surface area contributed by atoms with Crippen molar-refractivity contribution in [2.24, 2.45) is 0 Å². The van der Waals surface area contributed by atoms with Gasteiger partial charge in [-0.05, 0) is 49.9 Å². The SMILES string of the molecule is CNC(=O)c1ccc(Nc2nc(OC3CCCC3)c3c(-c4cncc(OC)c4)c[nH]c3n2)c(Cl)c1. The molecule has 5 rings (SSSR count). The van der Waals surface area contributed by atoms with Crippen LogP contribution in [0.15, 0.2) is 42.9 Å². The van der Waals surface area contributed by atoms with E-state index in [1.807, 2.05) is 12.3 Å². The average molecular weight is 493 g/mol. The van der Waals surface area contributed by atoms with E-state index in [1.54, 1.807) is 44.8 Å². The van der Waals surface area contributed by atoms with Crippen LogP contribution in [-0.4, -0.2) is 46.1 Å². The Morgan fingerprint density at radius 3 is 2.74 bits per heavy atom. The summed E-state index contributed by atoms with van der Waals surface area (Å²) < 4.78 is 11.7. The number of nitrogens with one attached hydrogen (secondary N) is 3. The lowest BCUT2D eigenvalue weighted by Gasteiger charge is -2.15. The fourth-order valence-corrected chi connectivity index (χ4v) is 4.46. The van der Waals surface area contributed by atoms with Crippen LogP contribution in [0, 0.1) is 0 Å². The highest BCUT2D eigenvalue weighted by Crippen LogP contribution is 2.37. The van der Waals surface area contributed by atoms with Gasteiger partial charge in [0.1, 0.15) is 17.5 Å². The van der Waals surface area contributed by atoms with Gasteiger partial charge in [0.2, 0.25) is 11.8 Å². The topological polar surface area (TPSA) is 114 Å². The van der Waals surface area contributed by atoms with Gasteiger partial charge in [-0.2, -0.15) is 9.97 Å². The van der Waals surface area contributed by atoms with Gasteiger partial charge in [-0.25, -0.2) is 0 Å². The molecule has 1 aliphatic carbocycles. The van der Waals surface area contributed by atoms with Crippen molar-refractivity contribution < 1.29 is 14.3 Å². The minimum atomic E-state index is -0.214. The third-order valence-corrected chi connectivity index (χ3v) is 6.36. The minimum Gasteiger partial charge on any atom is -0.495 e. The van der Waals surface area contributed by atoms with Gasteiger partial charge in [0.05, 0.1) is 29.4 Å². The Hall–Kier alpha value is -3.85. The third kappa shape index (κ3) is 4.72. The van der Waals surface area contributed by atoms with Crippen LogP contribution in [0.5, 0.6) is 11.6 Å². The zero-order valence-corrected chi connectivity index (χ0v) is 20.1. The number of hydrogen-bond donors (Lipinski definition) is 3. The first-order chi connectivity index (χ1) is 17.1. The van der Waals surface area contributed by atoms with Gasteiger partial charge >= 0.3 is 0 Å². The number of pyridine rings is 1. The van der Waals surface area contributed by atoms with Crippen LogP contribution in [0.4, 0.5) is 11.6 Å². The number of rotatable bonds is 7. The van der Waals surface area contributed by atoms with Crippen molar-refractivity contribution in [3.8, 4) is 22.8 Å². The lowest BCUT2D eigenvalue weighted by molar-refractivity contribution is 0.0963. The van der Waals surface area contributed by atoms with E-state index in [0.717, 1.165) is 42.2 Å². The smallest absolute Gasteiger partial charge is 0.251 e. The number of aromatic nitrogens is 4. The number of aromatic amines is 1. The molecule has 1 amide bonds. The maximum absolute atomic E-state index is 11.9. The van der Waals surface area contributed by atoms with E-state index in [-0.39, 0.29) is 12.0 Å². The van der Waals surface area contributed by atoms with Crippen LogP contribution in [0.1, 0.15) is 36.0 Å². The minimum absolute atomic E-state index is 0.0996. The summed E-state index contributed by atoms with van der Waals surface area (Å²) in [5.41, 5.74) is 3.40. The zero-order valence-electron chi connectivity index (χ0n) is 19.4. The summed E-state index contributed by atoms with van der Waals surface area (Å²) in [6.45, 7) is 0. The molecule has 0 aliphatic heterocycles. The Labute approximate surface area is 207 Å². The van der Waals surface area contributed by atoms with Crippen LogP contribution in [-0.2, 0) is 0 Å². The van der Waals surface area contributed by atoms with E-state index >= 15 is 0 Å². The molecule has 1 fully saturated rings. The Morgan fingerprint density at radius 1 is 1.17 bits per heavy atom. The van der Waals surface area contributed by atoms with E-state index in [9.17, 15) is 4.79 Å². The normalized spacial score (nSPS) is 13.7. The number of benzene rings is 1. The molecule has 0 radical (unpaired) electrons. The maximum Gasteiger partial charge on any atom is 0.251 e. The number of anilines is 2. The number of hydrogen-bond acceptors (Lipinski definition) is 7. The van der Waals surface area contributed by atoms with E-state index in [0.29, 0.717) is 39.5 Å². The van der Waals surface area contributed by atoms with Gasteiger partial charge in [-0.3, -0.25) is 9.78 Å². The fourth-order valence-electron chi connectivity index (χ4n) is 4.23. The second-order valence-electron chi connectivity index (χ2n) is 8.31. The van der Waals surface area contributed by atoms with Gasteiger partial charge in [0.25, 0.3) is 5.91 Å². The van der Waals surface area contributed by atoms with Gasteiger partial charge < -0.3 is 25.1 Å². The molecule has 180 valence electrons. The quantitative estimate of drug-likeness (QED) is 0.328. The Morgan fingerprint density at radius 2 is 2.00 bits per heavy atom. The number of ether oxygens (including phenoxy) is 2. The number of carbonyl (C=O) groups is 1. The summed E-state index contributed by atoms with van der Waals surface area (Å²) in [4.78, 5) is 28.8. The predicted molar refractivity (Wildman–Crippen MR) is 135 cm³/mol. The van der Waals surface area contributed by atoms with E-state index < -0.39 is 0 Å². The molecule has 1 aromatic carbocycles. The van der Waals surface area contributed by atoms with Crippen LogP contribution < -0.4 is 20.1 Å². The number of H-pyrrole nitrogens is 1. The number of fused-ring (bicyclic) bond motifs is 1. The standard InChI is InChI=1S/C25H25ClN6O3/c1-27-23(33)14-7-8-20(19(26)10-14)30-25-31-22-21(24(32-25)35-16-5-3-4-6-16)18(13-29-22)15-9-17(34-2)12-28-11-15/h7-13,16H,3-6H2,1-2H3,(H,27,33)(H2,29,30,31,32). The monoisotopic (exact) mass is 492 g/mol. The van der Waals surface area contributed by atoms with Crippen molar-refractivity contribution in [1.82, 2.24) is 25.3 Å². The molecule has 0 saturated heterocycles. The Bertz CT molecular complexity index is 1380. The first-order valence-corrected chi connectivity index (χ1v) is 11.8. The van der Waals surface area contributed by atoms with Gasteiger partial charge in [0, 0.05) is 36.1 Å². The maximum atomic E-state index is 11.9. The molecule has 3 heterocycles. The lowest BCUT2D eigenvalue weighted by Crippen LogP contribution is -2.17. The van der Waals surface area contributed by atoms with Crippen molar-refractivity contribution in [3.05, 3.63) is 53.4 Å². The molecule has 4 aromatic rings. The summed E-state index contributed by atoms with van der Waals surface area (Å²) >= 11 is 6.43. The molecule has 35 heavy (non-hydrogen) atoms. The molecule has 9 nitrogen and oxygen atoms in total. The average Bonchev–Trinajstić information content (AvgIpc) is 3.55. The Kier molecular flexibility index (Phi) is 6.41. The van der Waals surface area contributed by atoms with Crippen molar-refractivity contribution in [2.45, 2.75) is 31.8 Å². The van der Waals surface area contributed by atoms with Crippen LogP contribution in [0.25, 0.3) is 22.2 Å². The zero-order chi connectivity index (χ0) is 24.4. The molecule has 0 bridgehead atoms. The molecule has 3 N–H and O–H groups in total. The largest absolute Gasteiger partial charge is 0.495 e. The summed E-state index contributed by atoms with van der Waals surface area (Å²) in [6.07, 6.45) is 9.64. The van der Waals surface area contributed by atoms with E-state index in [4.69, 9.17) is 26.1 Å². The van der Waals surface area contributed by atoms with Gasteiger partial charge in [-0.15, -0.1) is 0 Å².